The first-order valence-corrected chi connectivity index (χ1v) is 14.4. The van der Waals surface area contributed by atoms with E-state index in [1.807, 2.05) is 13.0 Å². The quantitative estimate of drug-likeness (QED) is 0.278. The summed E-state index contributed by atoms with van der Waals surface area (Å²) in [5.41, 5.74) is 3.00. The molecule has 3 heterocycles. The average molecular weight is 575 g/mol. The van der Waals surface area contributed by atoms with Crippen LogP contribution in [0.2, 0.25) is 10.0 Å². The van der Waals surface area contributed by atoms with Crippen LogP contribution < -0.4 is 4.74 Å². The van der Waals surface area contributed by atoms with Gasteiger partial charge in [-0.05, 0) is 57.8 Å². The Hall–Kier alpha value is -2.62. The first-order chi connectivity index (χ1) is 18.8. The van der Waals surface area contributed by atoms with Crippen molar-refractivity contribution in [3.63, 3.8) is 0 Å². The van der Waals surface area contributed by atoms with Gasteiger partial charge in [-0.1, -0.05) is 35.3 Å². The number of nitrogens with zero attached hydrogens (tertiary/aromatic N) is 4. The SMILES string of the molecule is CCc1cc(OCC23CCC(OCc4c(-c5c(Cl)cncc5Cl)noc4C4CC4)(CC2)CC3)nn1CC(=O)O. The van der Waals surface area contributed by atoms with E-state index in [0.29, 0.717) is 52.7 Å². The number of pyridine rings is 1. The van der Waals surface area contributed by atoms with Crippen LogP contribution in [0.15, 0.2) is 23.0 Å². The van der Waals surface area contributed by atoms with Gasteiger partial charge in [-0.2, -0.15) is 0 Å². The molecule has 2 bridgehead atoms. The molecule has 9 nitrogen and oxygen atoms in total. The fourth-order valence-electron chi connectivity index (χ4n) is 6.13. The van der Waals surface area contributed by atoms with Crippen molar-refractivity contribution in [1.29, 1.82) is 0 Å². The second-order valence-corrected chi connectivity index (χ2v) is 12.1. The summed E-state index contributed by atoms with van der Waals surface area (Å²) in [5, 5.41) is 18.8. The standard InChI is InChI=1S/C28H32Cl2N4O5/c1-2-18-11-22(32-34(18)14-23(35)36)37-16-27-5-8-28(9-6-27,10-7-27)38-15-19-25(33-39-26(19)17-3-4-17)24-20(29)12-31-13-21(24)30/h11-13,17H,2-10,14-16H2,1H3,(H,35,36). The van der Waals surface area contributed by atoms with Crippen molar-refractivity contribution in [2.45, 2.75) is 89.4 Å². The molecule has 7 rings (SSSR count). The molecule has 1 N–H and O–H groups in total. The number of fused-ring (bicyclic) bond motifs is 3. The van der Waals surface area contributed by atoms with Crippen molar-refractivity contribution in [3.05, 3.63) is 45.5 Å². The van der Waals surface area contributed by atoms with Crippen LogP contribution in [0.5, 0.6) is 5.88 Å². The lowest BCUT2D eigenvalue weighted by molar-refractivity contribution is -0.150. The zero-order valence-corrected chi connectivity index (χ0v) is 23.4. The summed E-state index contributed by atoms with van der Waals surface area (Å²) in [6.07, 6.45) is 11.9. The van der Waals surface area contributed by atoms with Crippen LogP contribution in [-0.4, -0.2) is 43.2 Å². The number of carboxylic acid groups (broad SMARTS) is 1. The Morgan fingerprint density at radius 3 is 2.46 bits per heavy atom. The average Bonchev–Trinajstić information content (AvgIpc) is 3.57. The molecular weight excluding hydrogens is 543 g/mol. The maximum Gasteiger partial charge on any atom is 0.325 e. The van der Waals surface area contributed by atoms with Crippen LogP contribution in [0.3, 0.4) is 0 Å². The number of rotatable bonds is 11. The van der Waals surface area contributed by atoms with Gasteiger partial charge in [0.15, 0.2) is 0 Å². The summed E-state index contributed by atoms with van der Waals surface area (Å²) in [4.78, 5) is 15.2. The molecule has 4 aliphatic carbocycles. The first kappa shape index (κ1) is 26.6. The van der Waals surface area contributed by atoms with E-state index in [0.717, 1.165) is 68.4 Å². The molecule has 0 radical (unpaired) electrons. The maximum absolute atomic E-state index is 11.2. The molecule has 4 aliphatic rings. The minimum atomic E-state index is -0.914. The molecular formula is C28H32Cl2N4O5. The van der Waals surface area contributed by atoms with Crippen molar-refractivity contribution in [2.24, 2.45) is 5.41 Å². The Labute approximate surface area is 236 Å². The Morgan fingerprint density at radius 1 is 1.15 bits per heavy atom. The number of halogens is 2. The fourth-order valence-corrected chi connectivity index (χ4v) is 6.67. The maximum atomic E-state index is 11.2. The van der Waals surface area contributed by atoms with Gasteiger partial charge in [0.2, 0.25) is 5.88 Å². The minimum Gasteiger partial charge on any atom is -0.480 e. The number of aliphatic carboxylic acids is 1. The third kappa shape index (κ3) is 5.28. The highest BCUT2D eigenvalue weighted by molar-refractivity contribution is 6.38. The highest BCUT2D eigenvalue weighted by atomic mass is 35.5. The molecule has 11 heteroatoms. The molecule has 0 unspecified atom stereocenters. The second-order valence-electron chi connectivity index (χ2n) is 11.3. The van der Waals surface area contributed by atoms with Crippen LogP contribution in [0.4, 0.5) is 0 Å². The molecule has 0 aliphatic heterocycles. The predicted octanol–water partition coefficient (Wildman–Crippen LogP) is 6.45. The van der Waals surface area contributed by atoms with Gasteiger partial charge >= 0.3 is 5.97 Å². The second kappa shape index (κ2) is 10.4. The van der Waals surface area contributed by atoms with Gasteiger partial charge < -0.3 is 19.1 Å². The molecule has 4 fully saturated rings. The van der Waals surface area contributed by atoms with Gasteiger partial charge in [-0.3, -0.25) is 14.5 Å². The smallest absolute Gasteiger partial charge is 0.325 e. The van der Waals surface area contributed by atoms with Gasteiger partial charge in [0.25, 0.3) is 0 Å². The van der Waals surface area contributed by atoms with Gasteiger partial charge in [0.1, 0.15) is 18.0 Å². The van der Waals surface area contributed by atoms with Gasteiger partial charge in [0.05, 0.1) is 28.9 Å². The van der Waals surface area contributed by atoms with Crippen molar-refractivity contribution in [2.75, 3.05) is 6.61 Å². The Morgan fingerprint density at radius 2 is 1.85 bits per heavy atom. The molecule has 4 saturated carbocycles. The molecule has 3 aromatic rings. The highest BCUT2D eigenvalue weighted by Gasteiger charge is 2.50. The number of aromatic nitrogens is 4. The Balaban J connectivity index is 1.12. The molecule has 208 valence electrons. The van der Waals surface area contributed by atoms with E-state index in [-0.39, 0.29) is 17.6 Å². The van der Waals surface area contributed by atoms with Crippen molar-refractivity contribution in [3.8, 4) is 17.1 Å². The van der Waals surface area contributed by atoms with Gasteiger partial charge in [-0.15, -0.1) is 5.10 Å². The molecule has 0 atom stereocenters. The molecule has 0 aromatic carbocycles. The van der Waals surface area contributed by atoms with E-state index in [1.165, 1.54) is 4.68 Å². The topological polar surface area (TPSA) is 113 Å². The lowest BCUT2D eigenvalue weighted by Crippen LogP contribution is -2.49. The lowest BCUT2D eigenvalue weighted by Gasteiger charge is -2.52. The summed E-state index contributed by atoms with van der Waals surface area (Å²) in [6, 6.07) is 1.86. The van der Waals surface area contributed by atoms with Gasteiger partial charge in [0, 0.05) is 46.6 Å². The fraction of sp³-hybridized carbons (Fsp3) is 0.571. The number of ether oxygens (including phenoxy) is 2. The minimum absolute atomic E-state index is 0.0910. The highest BCUT2D eigenvalue weighted by Crippen LogP contribution is 2.55. The van der Waals surface area contributed by atoms with Crippen LogP contribution in [0.1, 0.15) is 81.2 Å². The van der Waals surface area contributed by atoms with E-state index >= 15 is 0 Å². The number of carbonyl (C=O) groups is 1. The van der Waals surface area contributed by atoms with Crippen molar-refractivity contribution < 1.29 is 23.9 Å². The zero-order chi connectivity index (χ0) is 27.2. The summed E-state index contributed by atoms with van der Waals surface area (Å²) < 4.78 is 20.2. The Bertz CT molecular complexity index is 1340. The number of hydrogen-bond acceptors (Lipinski definition) is 7. The van der Waals surface area contributed by atoms with E-state index in [1.54, 1.807) is 12.4 Å². The van der Waals surface area contributed by atoms with Gasteiger partial charge in [-0.25, -0.2) is 0 Å². The lowest BCUT2D eigenvalue weighted by atomic mass is 9.59. The zero-order valence-electron chi connectivity index (χ0n) is 21.9. The molecule has 0 saturated heterocycles. The molecule has 0 amide bonds. The van der Waals surface area contributed by atoms with Crippen LogP contribution in [-0.2, 0) is 29.1 Å². The third-order valence-corrected chi connectivity index (χ3v) is 9.30. The normalized spacial score (nSPS) is 24.3. The van der Waals surface area contributed by atoms with Crippen LogP contribution in [0.25, 0.3) is 11.3 Å². The third-order valence-electron chi connectivity index (χ3n) is 8.73. The first-order valence-electron chi connectivity index (χ1n) is 13.6. The van der Waals surface area contributed by atoms with Crippen LogP contribution in [0, 0.1) is 5.41 Å². The van der Waals surface area contributed by atoms with E-state index in [2.05, 4.69) is 15.2 Å². The number of carboxylic acids is 1. The summed E-state index contributed by atoms with van der Waals surface area (Å²) in [5.74, 6) is 0.843. The summed E-state index contributed by atoms with van der Waals surface area (Å²) in [6.45, 7) is 2.81. The molecule has 0 spiro atoms. The summed E-state index contributed by atoms with van der Waals surface area (Å²) in [7, 11) is 0. The number of hydrogen-bond donors (Lipinski definition) is 1. The van der Waals surface area contributed by atoms with E-state index in [9.17, 15) is 4.79 Å². The predicted molar refractivity (Wildman–Crippen MR) is 144 cm³/mol. The van der Waals surface area contributed by atoms with Crippen LogP contribution >= 0.6 is 23.2 Å². The Kier molecular flexibility index (Phi) is 7.10. The molecule has 3 aromatic heterocycles. The molecule has 39 heavy (non-hydrogen) atoms. The summed E-state index contributed by atoms with van der Waals surface area (Å²) >= 11 is 12.9. The van der Waals surface area contributed by atoms with E-state index in [4.69, 9.17) is 42.3 Å². The van der Waals surface area contributed by atoms with Crippen molar-refractivity contribution >= 4 is 29.2 Å². The number of aryl methyl sites for hydroxylation is 1. The van der Waals surface area contributed by atoms with Crippen molar-refractivity contribution in [1.82, 2.24) is 19.9 Å². The largest absolute Gasteiger partial charge is 0.480 e. The monoisotopic (exact) mass is 574 g/mol. The van der Waals surface area contributed by atoms with E-state index < -0.39 is 5.97 Å².